The van der Waals surface area contributed by atoms with Gasteiger partial charge in [-0.05, 0) is 24.3 Å². The van der Waals surface area contributed by atoms with Crippen molar-refractivity contribution < 1.29 is 48.3 Å². The largest absolute Gasteiger partial charge is 0.471 e. The molecule has 18 heteroatoms. The molecule has 0 saturated carbocycles. The quantitative estimate of drug-likeness (QED) is 0.314. The Kier molecular flexibility index (Phi) is 6.60. The van der Waals surface area contributed by atoms with Gasteiger partial charge in [-0.3, -0.25) is 9.48 Å². The average molecular weight is 584 g/mol. The van der Waals surface area contributed by atoms with Crippen molar-refractivity contribution >= 4 is 43.2 Å². The van der Waals surface area contributed by atoms with Crippen LogP contribution in [0.15, 0.2) is 41.7 Å². The van der Waals surface area contributed by atoms with Crippen molar-refractivity contribution in [2.75, 3.05) is 17.7 Å². The highest BCUT2D eigenvalue weighted by Gasteiger charge is 2.58. The first kappa shape index (κ1) is 28.2. The highest BCUT2D eigenvalue weighted by Crippen LogP contribution is 2.37. The number of fused-ring (bicyclic) bond motifs is 2. The molecule has 39 heavy (non-hydrogen) atoms. The monoisotopic (exact) mass is 584 g/mol. The van der Waals surface area contributed by atoms with Crippen molar-refractivity contribution in [3.63, 3.8) is 0 Å². The van der Waals surface area contributed by atoms with Crippen LogP contribution in [0, 0.1) is 0 Å². The van der Waals surface area contributed by atoms with Gasteiger partial charge in [0.1, 0.15) is 6.54 Å². The van der Waals surface area contributed by atoms with Gasteiger partial charge < -0.3 is 4.90 Å². The van der Waals surface area contributed by atoms with E-state index in [1.807, 2.05) is 0 Å². The summed E-state index contributed by atoms with van der Waals surface area (Å²) in [6, 6.07) is 4.45. The number of halogens is 8. The predicted octanol–water partition coefficient (Wildman–Crippen LogP) is 4.29. The van der Waals surface area contributed by atoms with Crippen LogP contribution >= 0.6 is 0 Å². The first-order valence-corrected chi connectivity index (χ1v) is 12.4. The second kappa shape index (κ2) is 9.13. The zero-order valence-electron chi connectivity index (χ0n) is 19.7. The maximum absolute atomic E-state index is 13.5. The molecule has 0 aliphatic carbocycles. The van der Waals surface area contributed by atoms with E-state index in [2.05, 4.69) is 15.2 Å². The number of hydrogen-bond acceptors (Lipinski definition) is 6. The molecule has 0 unspecified atom stereocenters. The fourth-order valence-corrected chi connectivity index (χ4v) is 4.82. The Hall–Kier alpha value is -3.83. The number of nitrogens with zero attached hydrogens (tertiary/aromatic N) is 6. The fourth-order valence-electron chi connectivity index (χ4n) is 3.64. The molecule has 0 atom stereocenters. The molecule has 3 heterocycles. The van der Waals surface area contributed by atoms with Gasteiger partial charge in [-0.1, -0.05) is 6.92 Å². The molecule has 210 valence electrons. The number of carbonyl (C=O) groups is 1. The van der Waals surface area contributed by atoms with Crippen molar-refractivity contribution in [1.29, 1.82) is 0 Å². The average Bonchev–Trinajstić information content (AvgIpc) is 3.42. The van der Waals surface area contributed by atoms with Crippen LogP contribution in [-0.4, -0.2) is 69.9 Å². The molecule has 4 aromatic rings. The number of sulfone groups is 1. The van der Waals surface area contributed by atoms with Crippen molar-refractivity contribution in [3.05, 3.63) is 36.7 Å². The molecule has 9 nitrogen and oxygen atoms in total. The minimum Gasteiger partial charge on any atom is -0.308 e. The standard InChI is InChI=1S/C21H16F8N6O3S/c1-3-39(37,38)17-13-5-4-12(33(2)18(36)20(24,25)26)7-14(13)32-35(17)16-6-11-8-31-34(15(11)9-30-16)10-19(22,23)21(27,28)29/h4-9H,3,10H2,1-2H3. The molecular weight excluding hydrogens is 568 g/mol. The summed E-state index contributed by atoms with van der Waals surface area (Å²) in [5.74, 6) is -7.89. The smallest absolute Gasteiger partial charge is 0.308 e. The fraction of sp³-hybridized carbons (Fsp3) is 0.333. The first-order chi connectivity index (χ1) is 17.9. The third-order valence-electron chi connectivity index (χ3n) is 5.71. The number of alkyl halides is 8. The molecule has 0 aliphatic heterocycles. The number of rotatable bonds is 6. The highest BCUT2D eigenvalue weighted by atomic mass is 32.2. The van der Waals surface area contributed by atoms with Crippen LogP contribution in [0.25, 0.3) is 27.6 Å². The van der Waals surface area contributed by atoms with Gasteiger partial charge in [0.2, 0.25) is 0 Å². The minimum atomic E-state index is -5.82. The van der Waals surface area contributed by atoms with Gasteiger partial charge in [0.05, 0.1) is 29.2 Å². The Balaban J connectivity index is 1.84. The number of hydrogen-bond donors (Lipinski definition) is 0. The van der Waals surface area contributed by atoms with E-state index in [1.54, 1.807) is 0 Å². The molecule has 1 amide bonds. The Bertz CT molecular complexity index is 1690. The van der Waals surface area contributed by atoms with E-state index in [0.29, 0.717) is 9.58 Å². The molecule has 3 aromatic heterocycles. The number of pyridine rings is 1. The van der Waals surface area contributed by atoms with E-state index in [9.17, 15) is 48.3 Å². The SMILES string of the molecule is CCS(=O)(=O)c1c2ccc(N(C)C(=O)C(F)(F)F)cc2nn1-c1cc2cnn(CC(F)(F)C(F)(F)F)c2cn1. The van der Waals surface area contributed by atoms with E-state index in [1.165, 1.54) is 6.92 Å². The maximum Gasteiger partial charge on any atom is 0.471 e. The summed E-state index contributed by atoms with van der Waals surface area (Å²) in [4.78, 5) is 15.9. The molecule has 0 spiro atoms. The molecule has 0 saturated heterocycles. The summed E-state index contributed by atoms with van der Waals surface area (Å²) in [6.07, 6.45) is -9.12. The van der Waals surface area contributed by atoms with Crippen LogP contribution in [0.1, 0.15) is 6.92 Å². The first-order valence-electron chi connectivity index (χ1n) is 10.7. The summed E-state index contributed by atoms with van der Waals surface area (Å²) in [5.41, 5.74) is -0.581. The van der Waals surface area contributed by atoms with Crippen LogP contribution in [0.2, 0.25) is 0 Å². The van der Waals surface area contributed by atoms with E-state index in [0.717, 1.165) is 48.4 Å². The summed E-state index contributed by atoms with van der Waals surface area (Å²) in [7, 11) is -3.20. The second-order valence-electron chi connectivity index (χ2n) is 8.29. The van der Waals surface area contributed by atoms with E-state index in [-0.39, 0.29) is 33.3 Å². The summed E-state index contributed by atoms with van der Waals surface area (Å²) in [6.45, 7) is -0.501. The number of benzene rings is 1. The number of amides is 1. The topological polar surface area (TPSA) is 103 Å². The number of aromatic nitrogens is 5. The van der Waals surface area contributed by atoms with Crippen LogP contribution in [0.5, 0.6) is 0 Å². The zero-order chi connectivity index (χ0) is 29.1. The van der Waals surface area contributed by atoms with Crippen molar-refractivity contribution in [3.8, 4) is 5.82 Å². The van der Waals surface area contributed by atoms with Gasteiger partial charge in [0, 0.05) is 23.5 Å². The lowest BCUT2D eigenvalue weighted by Crippen LogP contribution is -2.40. The molecule has 1 aromatic carbocycles. The third-order valence-corrected chi connectivity index (χ3v) is 7.46. The lowest BCUT2D eigenvalue weighted by molar-refractivity contribution is -0.287. The van der Waals surface area contributed by atoms with Gasteiger partial charge in [-0.2, -0.15) is 45.3 Å². The van der Waals surface area contributed by atoms with E-state index < -0.39 is 51.3 Å². The van der Waals surface area contributed by atoms with Crippen LogP contribution < -0.4 is 4.90 Å². The molecule has 0 aliphatic rings. The Morgan fingerprint density at radius 3 is 2.28 bits per heavy atom. The van der Waals surface area contributed by atoms with Crippen molar-refractivity contribution in [1.82, 2.24) is 24.5 Å². The number of carbonyl (C=O) groups excluding carboxylic acids is 1. The Morgan fingerprint density at radius 1 is 1.03 bits per heavy atom. The predicted molar refractivity (Wildman–Crippen MR) is 120 cm³/mol. The van der Waals surface area contributed by atoms with Gasteiger partial charge in [-0.15, -0.1) is 0 Å². The van der Waals surface area contributed by atoms with E-state index in [4.69, 9.17) is 0 Å². The van der Waals surface area contributed by atoms with Crippen molar-refractivity contribution in [2.24, 2.45) is 0 Å². The Morgan fingerprint density at radius 2 is 1.69 bits per heavy atom. The lowest BCUT2D eigenvalue weighted by Gasteiger charge is -2.19. The van der Waals surface area contributed by atoms with Crippen LogP contribution in [0.4, 0.5) is 40.8 Å². The molecule has 0 radical (unpaired) electrons. The van der Waals surface area contributed by atoms with E-state index >= 15 is 0 Å². The van der Waals surface area contributed by atoms with Gasteiger partial charge >= 0.3 is 24.2 Å². The minimum absolute atomic E-state index is 0.0177. The third kappa shape index (κ3) is 4.99. The molecule has 0 N–H and O–H groups in total. The van der Waals surface area contributed by atoms with Gasteiger partial charge in [-0.25, -0.2) is 18.1 Å². The highest BCUT2D eigenvalue weighted by molar-refractivity contribution is 7.91. The molecule has 0 bridgehead atoms. The summed E-state index contributed by atoms with van der Waals surface area (Å²) < 4.78 is 131. The van der Waals surface area contributed by atoms with Gasteiger partial charge in [0.25, 0.3) is 0 Å². The van der Waals surface area contributed by atoms with Crippen LogP contribution in [0.3, 0.4) is 0 Å². The molecule has 4 rings (SSSR count). The zero-order valence-corrected chi connectivity index (χ0v) is 20.5. The maximum atomic E-state index is 13.5. The van der Waals surface area contributed by atoms with Crippen LogP contribution in [-0.2, 0) is 21.2 Å². The molecular formula is C21H16F8N6O3S. The summed E-state index contributed by atoms with van der Waals surface area (Å²) >= 11 is 0. The Labute approximate surface area is 213 Å². The lowest BCUT2D eigenvalue weighted by atomic mass is 10.2. The normalized spacial score (nSPS) is 13.4. The second-order valence-corrected chi connectivity index (χ2v) is 10.5. The van der Waals surface area contributed by atoms with Gasteiger partial charge in [0.15, 0.2) is 20.7 Å². The number of anilines is 1. The molecule has 0 fully saturated rings. The summed E-state index contributed by atoms with van der Waals surface area (Å²) in [5, 5.41) is 7.27. The van der Waals surface area contributed by atoms with Crippen molar-refractivity contribution in [2.45, 2.75) is 36.8 Å².